The molecule has 1 aliphatic heterocycles. The first kappa shape index (κ1) is 13.0. The Labute approximate surface area is 124 Å². The minimum atomic E-state index is -0.310. The standard InChI is InChI=1S/C15H11BrN2O2/c1-9(10-2-4-11(16)5-3-10)18-14(19)12-6-7-17-8-13(12)15(18)20/h2-9H,1H3. The summed E-state index contributed by atoms with van der Waals surface area (Å²) >= 11 is 3.37. The van der Waals surface area contributed by atoms with E-state index in [1.165, 1.54) is 17.3 Å². The van der Waals surface area contributed by atoms with Crippen molar-refractivity contribution in [1.29, 1.82) is 0 Å². The van der Waals surface area contributed by atoms with Crippen LogP contribution in [0.1, 0.15) is 39.2 Å². The van der Waals surface area contributed by atoms with Gasteiger partial charge < -0.3 is 0 Å². The number of imide groups is 1. The number of halogens is 1. The van der Waals surface area contributed by atoms with Crippen LogP contribution in [0, 0.1) is 0 Å². The number of carbonyl (C=O) groups excluding carboxylic acids is 2. The molecule has 0 aliphatic carbocycles. The molecule has 0 bridgehead atoms. The molecular weight excluding hydrogens is 320 g/mol. The first-order valence-corrected chi connectivity index (χ1v) is 6.96. The van der Waals surface area contributed by atoms with Gasteiger partial charge in [0.1, 0.15) is 0 Å². The molecule has 0 fully saturated rings. The molecule has 20 heavy (non-hydrogen) atoms. The summed E-state index contributed by atoms with van der Waals surface area (Å²) in [6.07, 6.45) is 2.97. The van der Waals surface area contributed by atoms with Crippen molar-refractivity contribution in [2.45, 2.75) is 13.0 Å². The van der Waals surface area contributed by atoms with Crippen LogP contribution in [0.25, 0.3) is 0 Å². The van der Waals surface area contributed by atoms with Gasteiger partial charge in [-0.3, -0.25) is 19.5 Å². The van der Waals surface area contributed by atoms with Crippen LogP contribution in [0.3, 0.4) is 0 Å². The molecule has 2 aromatic rings. The van der Waals surface area contributed by atoms with E-state index in [0.29, 0.717) is 11.1 Å². The average molecular weight is 331 g/mol. The lowest BCUT2D eigenvalue weighted by molar-refractivity contribution is 0.0595. The molecule has 0 saturated heterocycles. The molecule has 2 heterocycles. The van der Waals surface area contributed by atoms with Gasteiger partial charge in [0.15, 0.2) is 0 Å². The SMILES string of the molecule is CC(c1ccc(Br)cc1)N1C(=O)c2ccncc2C1=O. The van der Waals surface area contributed by atoms with Gasteiger partial charge in [0.05, 0.1) is 17.2 Å². The molecule has 100 valence electrons. The third-order valence-electron chi connectivity index (χ3n) is 3.46. The lowest BCUT2D eigenvalue weighted by Crippen LogP contribution is -2.32. The van der Waals surface area contributed by atoms with Crippen molar-refractivity contribution < 1.29 is 9.59 Å². The Morgan fingerprint density at radius 1 is 1.05 bits per heavy atom. The Bertz CT molecular complexity index is 662. The summed E-state index contributed by atoms with van der Waals surface area (Å²) in [5.74, 6) is -0.545. The summed E-state index contributed by atoms with van der Waals surface area (Å²) in [6, 6.07) is 8.86. The smallest absolute Gasteiger partial charge is 0.263 e. The number of hydrogen-bond donors (Lipinski definition) is 0. The van der Waals surface area contributed by atoms with E-state index in [2.05, 4.69) is 20.9 Å². The number of fused-ring (bicyclic) bond motifs is 1. The highest BCUT2D eigenvalue weighted by Crippen LogP contribution is 2.31. The predicted octanol–water partition coefficient (Wildman–Crippen LogP) is 3.20. The number of aromatic nitrogens is 1. The quantitative estimate of drug-likeness (QED) is 0.794. The molecule has 4 nitrogen and oxygen atoms in total. The molecular formula is C15H11BrN2O2. The summed E-state index contributed by atoms with van der Waals surface area (Å²) in [5.41, 5.74) is 1.71. The Morgan fingerprint density at radius 3 is 2.35 bits per heavy atom. The molecule has 2 amide bonds. The summed E-state index contributed by atoms with van der Waals surface area (Å²) in [5, 5.41) is 0. The Balaban J connectivity index is 1.98. The predicted molar refractivity (Wildman–Crippen MR) is 77.3 cm³/mol. The number of pyridine rings is 1. The van der Waals surface area contributed by atoms with Crippen molar-refractivity contribution in [3.63, 3.8) is 0 Å². The highest BCUT2D eigenvalue weighted by molar-refractivity contribution is 9.10. The average Bonchev–Trinajstić information content (AvgIpc) is 2.72. The number of rotatable bonds is 2. The van der Waals surface area contributed by atoms with Crippen molar-refractivity contribution in [1.82, 2.24) is 9.88 Å². The second-order valence-corrected chi connectivity index (χ2v) is 5.54. The molecule has 1 unspecified atom stereocenters. The van der Waals surface area contributed by atoms with E-state index in [1.807, 2.05) is 31.2 Å². The zero-order valence-electron chi connectivity index (χ0n) is 10.7. The van der Waals surface area contributed by atoms with Crippen LogP contribution in [0.4, 0.5) is 0 Å². The van der Waals surface area contributed by atoms with Crippen molar-refractivity contribution in [2.75, 3.05) is 0 Å². The third kappa shape index (κ3) is 1.94. The summed E-state index contributed by atoms with van der Waals surface area (Å²) in [7, 11) is 0. The van der Waals surface area contributed by atoms with E-state index >= 15 is 0 Å². The van der Waals surface area contributed by atoms with Crippen molar-refractivity contribution in [2.24, 2.45) is 0 Å². The van der Waals surface area contributed by atoms with Crippen LogP contribution < -0.4 is 0 Å². The van der Waals surface area contributed by atoms with E-state index in [-0.39, 0.29) is 17.9 Å². The van der Waals surface area contributed by atoms with Crippen molar-refractivity contribution >= 4 is 27.7 Å². The molecule has 1 aliphatic rings. The highest BCUT2D eigenvalue weighted by atomic mass is 79.9. The van der Waals surface area contributed by atoms with Crippen LogP contribution in [-0.4, -0.2) is 21.7 Å². The normalized spacial score (nSPS) is 15.4. The van der Waals surface area contributed by atoms with Crippen LogP contribution in [-0.2, 0) is 0 Å². The van der Waals surface area contributed by atoms with Crippen molar-refractivity contribution in [3.05, 3.63) is 63.9 Å². The van der Waals surface area contributed by atoms with Crippen LogP contribution in [0.2, 0.25) is 0 Å². The molecule has 0 spiro atoms. The minimum Gasteiger partial charge on any atom is -0.269 e. The third-order valence-corrected chi connectivity index (χ3v) is 3.99. The summed E-state index contributed by atoms with van der Waals surface area (Å²) in [6.45, 7) is 1.85. The monoisotopic (exact) mass is 330 g/mol. The molecule has 5 heteroatoms. The molecule has 0 radical (unpaired) electrons. The van der Waals surface area contributed by atoms with Crippen molar-refractivity contribution in [3.8, 4) is 0 Å². The lowest BCUT2D eigenvalue weighted by atomic mass is 10.1. The second-order valence-electron chi connectivity index (χ2n) is 4.63. The van der Waals surface area contributed by atoms with Crippen LogP contribution in [0.5, 0.6) is 0 Å². The Kier molecular flexibility index (Phi) is 3.14. The maximum atomic E-state index is 12.4. The van der Waals surface area contributed by atoms with Gasteiger partial charge in [-0.25, -0.2) is 0 Å². The second kappa shape index (κ2) is 4.83. The zero-order valence-corrected chi connectivity index (χ0v) is 12.3. The fourth-order valence-corrected chi connectivity index (χ4v) is 2.61. The van der Waals surface area contributed by atoms with Gasteiger partial charge in [-0.2, -0.15) is 0 Å². The Hall–Kier alpha value is -2.01. The number of hydrogen-bond acceptors (Lipinski definition) is 3. The van der Waals surface area contributed by atoms with Crippen LogP contribution in [0.15, 0.2) is 47.2 Å². The highest BCUT2D eigenvalue weighted by Gasteiger charge is 2.38. The summed E-state index contributed by atoms with van der Waals surface area (Å²) in [4.78, 5) is 29.9. The molecule has 0 saturated carbocycles. The lowest BCUT2D eigenvalue weighted by Gasteiger charge is -2.22. The molecule has 1 aromatic carbocycles. The number of benzene rings is 1. The molecule has 3 rings (SSSR count). The van der Waals surface area contributed by atoms with E-state index in [0.717, 1.165) is 10.0 Å². The van der Waals surface area contributed by atoms with Gasteiger partial charge in [-0.15, -0.1) is 0 Å². The van der Waals surface area contributed by atoms with E-state index in [1.54, 1.807) is 6.07 Å². The fourth-order valence-electron chi connectivity index (χ4n) is 2.35. The Morgan fingerprint density at radius 2 is 1.70 bits per heavy atom. The maximum Gasteiger partial charge on any atom is 0.263 e. The van der Waals surface area contributed by atoms with Gasteiger partial charge in [-0.1, -0.05) is 28.1 Å². The number of carbonyl (C=O) groups is 2. The topological polar surface area (TPSA) is 50.3 Å². The van der Waals surface area contributed by atoms with Gasteiger partial charge in [-0.05, 0) is 30.7 Å². The number of amides is 2. The van der Waals surface area contributed by atoms with Gasteiger partial charge in [0, 0.05) is 16.9 Å². The molecule has 1 aromatic heterocycles. The van der Waals surface area contributed by atoms with E-state index < -0.39 is 0 Å². The largest absolute Gasteiger partial charge is 0.269 e. The van der Waals surface area contributed by atoms with Gasteiger partial charge in [0.25, 0.3) is 11.8 Å². The minimum absolute atomic E-state index is 0.261. The van der Waals surface area contributed by atoms with E-state index in [4.69, 9.17) is 0 Å². The maximum absolute atomic E-state index is 12.4. The van der Waals surface area contributed by atoms with E-state index in [9.17, 15) is 9.59 Å². The first-order chi connectivity index (χ1) is 9.59. The summed E-state index contributed by atoms with van der Waals surface area (Å²) < 4.78 is 0.958. The molecule has 0 N–H and O–H groups in total. The van der Waals surface area contributed by atoms with Crippen LogP contribution >= 0.6 is 15.9 Å². The molecule has 1 atom stereocenters. The van der Waals surface area contributed by atoms with Gasteiger partial charge in [0.2, 0.25) is 0 Å². The number of nitrogens with zero attached hydrogens (tertiary/aromatic N) is 2. The zero-order chi connectivity index (χ0) is 14.3. The first-order valence-electron chi connectivity index (χ1n) is 6.17. The van der Waals surface area contributed by atoms with Gasteiger partial charge >= 0.3 is 0 Å². The fraction of sp³-hybridized carbons (Fsp3) is 0.133.